The number of thioether (sulfide) groups is 1. The van der Waals surface area contributed by atoms with Crippen molar-refractivity contribution in [3.05, 3.63) is 67.8 Å². The standard InChI is InChI=1S/C21H18BrFN2O3S/c1-11-6-12(2)19(13(3)7-11)24-18(26)10-25-20(27)17(29-21(25)28)9-14-4-5-16(23)15(22)8-14/h4-9H,10H2,1-3H3,(H,24,26)/b17-9+. The van der Waals surface area contributed by atoms with E-state index < -0.39 is 22.9 Å². The summed E-state index contributed by atoms with van der Waals surface area (Å²) in [5.74, 6) is -1.42. The van der Waals surface area contributed by atoms with Gasteiger partial charge in [0.2, 0.25) is 5.91 Å². The highest BCUT2D eigenvalue weighted by Crippen LogP contribution is 2.33. The molecule has 0 radical (unpaired) electrons. The average Bonchev–Trinajstić information content (AvgIpc) is 2.88. The number of carbonyl (C=O) groups excluding carboxylic acids is 3. The molecule has 8 heteroatoms. The number of rotatable bonds is 4. The number of nitrogens with one attached hydrogen (secondary N) is 1. The van der Waals surface area contributed by atoms with Crippen molar-refractivity contribution in [3.63, 3.8) is 0 Å². The third-order valence-electron chi connectivity index (χ3n) is 4.36. The molecule has 150 valence electrons. The number of benzene rings is 2. The van der Waals surface area contributed by atoms with E-state index in [1.54, 1.807) is 0 Å². The van der Waals surface area contributed by atoms with Gasteiger partial charge in [0.05, 0.1) is 9.38 Å². The summed E-state index contributed by atoms with van der Waals surface area (Å²) in [5, 5.41) is 2.27. The number of anilines is 1. The summed E-state index contributed by atoms with van der Waals surface area (Å²) in [4.78, 5) is 38.4. The zero-order valence-corrected chi connectivity index (χ0v) is 18.4. The molecule has 1 fully saturated rings. The van der Waals surface area contributed by atoms with Gasteiger partial charge in [-0.2, -0.15) is 0 Å². The molecule has 1 N–H and O–H groups in total. The van der Waals surface area contributed by atoms with Gasteiger partial charge < -0.3 is 5.32 Å². The predicted molar refractivity (Wildman–Crippen MR) is 116 cm³/mol. The van der Waals surface area contributed by atoms with Gasteiger partial charge in [-0.05, 0) is 83.4 Å². The third kappa shape index (κ3) is 4.76. The lowest BCUT2D eigenvalue weighted by molar-refractivity contribution is -0.127. The van der Waals surface area contributed by atoms with Crippen LogP contribution in [-0.2, 0) is 9.59 Å². The van der Waals surface area contributed by atoms with Gasteiger partial charge in [0.1, 0.15) is 12.4 Å². The van der Waals surface area contributed by atoms with Crippen LogP contribution < -0.4 is 5.32 Å². The summed E-state index contributed by atoms with van der Waals surface area (Å²) in [6.45, 7) is 5.37. The molecule has 0 aromatic heterocycles. The van der Waals surface area contributed by atoms with Crippen LogP contribution in [0.1, 0.15) is 22.3 Å². The van der Waals surface area contributed by atoms with Crippen molar-refractivity contribution in [2.45, 2.75) is 20.8 Å². The van der Waals surface area contributed by atoms with Crippen LogP contribution in [0, 0.1) is 26.6 Å². The number of aryl methyl sites for hydroxylation is 3. The smallest absolute Gasteiger partial charge is 0.294 e. The van der Waals surface area contributed by atoms with Crippen LogP contribution in [-0.4, -0.2) is 28.5 Å². The molecule has 0 spiro atoms. The highest BCUT2D eigenvalue weighted by molar-refractivity contribution is 9.10. The molecule has 2 aromatic rings. The topological polar surface area (TPSA) is 66.5 Å². The lowest BCUT2D eigenvalue weighted by atomic mass is 10.1. The maximum atomic E-state index is 13.4. The Labute approximate surface area is 180 Å². The van der Waals surface area contributed by atoms with Crippen molar-refractivity contribution >= 4 is 56.5 Å². The highest BCUT2D eigenvalue weighted by Gasteiger charge is 2.36. The number of imide groups is 1. The van der Waals surface area contributed by atoms with E-state index in [0.29, 0.717) is 11.3 Å². The fourth-order valence-corrected chi connectivity index (χ4v) is 4.32. The molecular formula is C21H18BrFN2O3S. The summed E-state index contributed by atoms with van der Waals surface area (Å²) >= 11 is 3.84. The Hall–Kier alpha value is -2.45. The second-order valence-electron chi connectivity index (χ2n) is 6.76. The SMILES string of the molecule is Cc1cc(C)c(NC(=O)CN2C(=O)S/C(=C/c3ccc(F)c(Br)c3)C2=O)c(C)c1. The van der Waals surface area contributed by atoms with Crippen molar-refractivity contribution in [1.29, 1.82) is 0 Å². The van der Waals surface area contributed by atoms with Crippen LogP contribution in [0.5, 0.6) is 0 Å². The van der Waals surface area contributed by atoms with E-state index in [1.165, 1.54) is 24.3 Å². The van der Waals surface area contributed by atoms with E-state index in [0.717, 1.165) is 33.4 Å². The predicted octanol–water partition coefficient (Wildman–Crippen LogP) is 5.19. The maximum Gasteiger partial charge on any atom is 0.294 e. The van der Waals surface area contributed by atoms with Crippen LogP contribution >= 0.6 is 27.7 Å². The number of hydrogen-bond acceptors (Lipinski definition) is 4. The fraction of sp³-hybridized carbons (Fsp3) is 0.190. The van der Waals surface area contributed by atoms with Gasteiger partial charge in [-0.15, -0.1) is 0 Å². The number of halogens is 2. The van der Waals surface area contributed by atoms with Crippen LogP contribution in [0.25, 0.3) is 6.08 Å². The molecule has 29 heavy (non-hydrogen) atoms. The summed E-state index contributed by atoms with van der Waals surface area (Å²) in [7, 11) is 0. The third-order valence-corrected chi connectivity index (χ3v) is 5.87. The minimum absolute atomic E-state index is 0.184. The van der Waals surface area contributed by atoms with E-state index >= 15 is 0 Å². The number of carbonyl (C=O) groups is 3. The minimum Gasteiger partial charge on any atom is -0.324 e. The molecule has 0 unspecified atom stereocenters. The Kier molecular flexibility index (Phi) is 6.24. The lowest BCUT2D eigenvalue weighted by Crippen LogP contribution is -2.36. The average molecular weight is 477 g/mol. The highest BCUT2D eigenvalue weighted by atomic mass is 79.9. The van der Waals surface area contributed by atoms with Crippen molar-refractivity contribution in [2.24, 2.45) is 0 Å². The summed E-state index contributed by atoms with van der Waals surface area (Å²) in [5.41, 5.74) is 4.15. The quantitative estimate of drug-likeness (QED) is 0.616. The van der Waals surface area contributed by atoms with Crippen LogP contribution in [0.15, 0.2) is 39.7 Å². The lowest BCUT2D eigenvalue weighted by Gasteiger charge is -2.15. The molecule has 2 aromatic carbocycles. The van der Waals surface area contributed by atoms with Crippen LogP contribution in [0.4, 0.5) is 14.9 Å². The molecule has 1 aliphatic rings. The largest absolute Gasteiger partial charge is 0.324 e. The van der Waals surface area contributed by atoms with Crippen LogP contribution in [0.3, 0.4) is 0 Å². The number of nitrogens with zero attached hydrogens (tertiary/aromatic N) is 1. The Bertz CT molecular complexity index is 1040. The van der Waals surface area contributed by atoms with Gasteiger partial charge >= 0.3 is 0 Å². The second-order valence-corrected chi connectivity index (χ2v) is 8.61. The van der Waals surface area contributed by atoms with Gasteiger partial charge in [-0.3, -0.25) is 19.3 Å². The van der Waals surface area contributed by atoms with Crippen molar-refractivity contribution in [3.8, 4) is 0 Å². The second kappa shape index (κ2) is 8.51. The first-order valence-electron chi connectivity index (χ1n) is 8.74. The molecule has 3 rings (SSSR count). The molecule has 5 nitrogen and oxygen atoms in total. The molecule has 1 aliphatic heterocycles. The van der Waals surface area contributed by atoms with Crippen molar-refractivity contribution in [1.82, 2.24) is 4.90 Å². The molecule has 0 aliphatic carbocycles. The number of amides is 3. The molecule has 0 saturated carbocycles. The van der Waals surface area contributed by atoms with Gasteiger partial charge in [-0.25, -0.2) is 4.39 Å². The van der Waals surface area contributed by atoms with E-state index in [9.17, 15) is 18.8 Å². The first-order chi connectivity index (χ1) is 13.7. The molecule has 1 heterocycles. The zero-order chi connectivity index (χ0) is 21.3. The monoisotopic (exact) mass is 476 g/mol. The fourth-order valence-electron chi connectivity index (χ4n) is 3.09. The first kappa shape index (κ1) is 21.3. The van der Waals surface area contributed by atoms with E-state index in [1.807, 2.05) is 32.9 Å². The van der Waals surface area contributed by atoms with Crippen molar-refractivity contribution < 1.29 is 18.8 Å². The van der Waals surface area contributed by atoms with Crippen molar-refractivity contribution in [2.75, 3.05) is 11.9 Å². The van der Waals surface area contributed by atoms with Gasteiger partial charge in [0.15, 0.2) is 0 Å². The van der Waals surface area contributed by atoms with Crippen LogP contribution in [0.2, 0.25) is 0 Å². The zero-order valence-electron chi connectivity index (χ0n) is 16.0. The Morgan fingerprint density at radius 3 is 2.45 bits per heavy atom. The Balaban J connectivity index is 1.74. The van der Waals surface area contributed by atoms with E-state index in [-0.39, 0.29) is 15.9 Å². The molecule has 3 amide bonds. The number of hydrogen-bond donors (Lipinski definition) is 1. The van der Waals surface area contributed by atoms with Gasteiger partial charge in [0, 0.05) is 5.69 Å². The normalized spacial score (nSPS) is 15.3. The van der Waals surface area contributed by atoms with Gasteiger partial charge in [0.25, 0.3) is 11.1 Å². The minimum atomic E-state index is -0.548. The van der Waals surface area contributed by atoms with E-state index in [4.69, 9.17) is 0 Å². The molecule has 1 saturated heterocycles. The molecule has 0 bridgehead atoms. The Morgan fingerprint density at radius 1 is 1.17 bits per heavy atom. The molecular weight excluding hydrogens is 459 g/mol. The van der Waals surface area contributed by atoms with E-state index in [2.05, 4.69) is 21.2 Å². The summed E-state index contributed by atoms with van der Waals surface area (Å²) < 4.78 is 13.6. The molecule has 0 atom stereocenters. The first-order valence-corrected chi connectivity index (χ1v) is 10.3. The maximum absolute atomic E-state index is 13.4. The van der Waals surface area contributed by atoms with Gasteiger partial charge in [-0.1, -0.05) is 23.8 Å². The summed E-state index contributed by atoms with van der Waals surface area (Å²) in [6.07, 6.45) is 1.50. The summed E-state index contributed by atoms with van der Waals surface area (Å²) in [6, 6.07) is 8.18. The Morgan fingerprint density at radius 2 is 1.83 bits per heavy atom.